The van der Waals surface area contributed by atoms with Gasteiger partial charge in [-0.05, 0) is 37.1 Å². The second-order valence-corrected chi connectivity index (χ2v) is 10.7. The lowest BCUT2D eigenvalue weighted by molar-refractivity contribution is -0.140. The van der Waals surface area contributed by atoms with Gasteiger partial charge in [-0.2, -0.15) is 0 Å². The number of carbonyl (C=O) groups is 2. The Hall–Kier alpha value is -3.85. The van der Waals surface area contributed by atoms with Crippen LogP contribution in [-0.2, 0) is 32.6 Å². The second kappa shape index (κ2) is 13.6. The van der Waals surface area contributed by atoms with E-state index in [9.17, 15) is 18.0 Å². The van der Waals surface area contributed by atoms with E-state index in [-0.39, 0.29) is 24.6 Å². The first-order chi connectivity index (χ1) is 18.2. The number of sulfonamides is 1. The number of anilines is 1. The quantitative estimate of drug-likeness (QED) is 0.359. The van der Waals surface area contributed by atoms with Crippen molar-refractivity contribution in [3.05, 3.63) is 96.1 Å². The summed E-state index contributed by atoms with van der Waals surface area (Å²) in [5.74, 6) is -0.452. The zero-order chi connectivity index (χ0) is 27.5. The number of benzene rings is 3. The summed E-state index contributed by atoms with van der Waals surface area (Å²) in [4.78, 5) is 28.8. The lowest BCUT2D eigenvalue weighted by Gasteiger charge is -2.33. The van der Waals surface area contributed by atoms with Crippen molar-refractivity contribution >= 4 is 27.5 Å². The molecule has 1 atom stereocenters. The van der Waals surface area contributed by atoms with Gasteiger partial charge in [0.05, 0.1) is 18.6 Å². The Kier molecular flexibility index (Phi) is 10.3. The minimum Gasteiger partial charge on any atom is -0.492 e. The molecule has 3 rings (SSSR count). The van der Waals surface area contributed by atoms with E-state index in [0.717, 1.165) is 21.7 Å². The van der Waals surface area contributed by atoms with Crippen molar-refractivity contribution < 1.29 is 22.7 Å². The van der Waals surface area contributed by atoms with Crippen molar-refractivity contribution in [3.63, 3.8) is 0 Å². The average Bonchev–Trinajstić information content (AvgIpc) is 2.90. The minimum absolute atomic E-state index is 0.138. The van der Waals surface area contributed by atoms with E-state index in [0.29, 0.717) is 18.9 Å². The summed E-state index contributed by atoms with van der Waals surface area (Å²) in [6, 6.07) is 24.6. The van der Waals surface area contributed by atoms with Crippen molar-refractivity contribution in [1.29, 1.82) is 0 Å². The van der Waals surface area contributed by atoms with Crippen LogP contribution < -0.4 is 14.4 Å². The van der Waals surface area contributed by atoms with Gasteiger partial charge >= 0.3 is 0 Å². The third kappa shape index (κ3) is 7.82. The number of para-hydroxylation sites is 2. The summed E-state index contributed by atoms with van der Waals surface area (Å²) < 4.78 is 32.5. The third-order valence-electron chi connectivity index (χ3n) is 5.93. The molecule has 202 valence electrons. The number of amides is 2. The Morgan fingerprint density at radius 3 is 2.03 bits per heavy atom. The van der Waals surface area contributed by atoms with Crippen molar-refractivity contribution in [3.8, 4) is 5.75 Å². The summed E-state index contributed by atoms with van der Waals surface area (Å²) in [6.45, 7) is 4.00. The summed E-state index contributed by atoms with van der Waals surface area (Å²) in [6.07, 6.45) is 1.33. The summed E-state index contributed by atoms with van der Waals surface area (Å²) >= 11 is 0. The largest absolute Gasteiger partial charge is 0.492 e. The molecule has 0 spiro atoms. The lowest BCUT2D eigenvalue weighted by Crippen LogP contribution is -2.53. The van der Waals surface area contributed by atoms with Gasteiger partial charge in [0, 0.05) is 19.5 Å². The summed E-state index contributed by atoms with van der Waals surface area (Å²) in [5, 5.41) is 2.84. The fourth-order valence-corrected chi connectivity index (χ4v) is 5.01. The SMILES string of the molecule is CCNC(=O)[C@H](Cc1ccccc1)N(Cc1ccccc1)C(=O)CN(c1ccccc1OCC)S(C)(=O)=O. The molecule has 0 aromatic heterocycles. The van der Waals surface area contributed by atoms with Crippen molar-refractivity contribution in [2.45, 2.75) is 32.9 Å². The third-order valence-corrected chi connectivity index (χ3v) is 7.06. The molecular weight excluding hydrogens is 502 g/mol. The molecule has 0 aliphatic carbocycles. The van der Waals surface area contributed by atoms with Gasteiger partial charge in [0.25, 0.3) is 0 Å². The monoisotopic (exact) mass is 537 g/mol. The molecule has 0 bridgehead atoms. The topological polar surface area (TPSA) is 96.0 Å². The maximum absolute atomic E-state index is 14.0. The number of nitrogens with zero attached hydrogens (tertiary/aromatic N) is 2. The fraction of sp³-hybridized carbons (Fsp3) is 0.310. The fourth-order valence-electron chi connectivity index (χ4n) is 4.16. The number of hydrogen-bond acceptors (Lipinski definition) is 5. The van der Waals surface area contributed by atoms with Gasteiger partial charge in [0.2, 0.25) is 21.8 Å². The van der Waals surface area contributed by atoms with Gasteiger partial charge in [-0.25, -0.2) is 8.42 Å². The van der Waals surface area contributed by atoms with E-state index in [1.165, 1.54) is 4.90 Å². The Balaban J connectivity index is 2.04. The van der Waals surface area contributed by atoms with E-state index in [4.69, 9.17) is 4.74 Å². The molecule has 38 heavy (non-hydrogen) atoms. The molecule has 0 fully saturated rings. The Labute approximate surface area is 225 Å². The van der Waals surface area contributed by atoms with Crippen LogP contribution >= 0.6 is 0 Å². The zero-order valence-electron chi connectivity index (χ0n) is 22.0. The van der Waals surface area contributed by atoms with Gasteiger partial charge in [-0.3, -0.25) is 13.9 Å². The van der Waals surface area contributed by atoms with E-state index >= 15 is 0 Å². The molecule has 0 heterocycles. The highest BCUT2D eigenvalue weighted by Gasteiger charge is 2.33. The van der Waals surface area contributed by atoms with E-state index < -0.39 is 28.5 Å². The second-order valence-electron chi connectivity index (χ2n) is 8.78. The molecule has 2 amide bonds. The molecule has 3 aromatic carbocycles. The molecule has 0 unspecified atom stereocenters. The van der Waals surface area contributed by atoms with Crippen LogP contribution in [0.4, 0.5) is 5.69 Å². The van der Waals surface area contributed by atoms with Crippen LogP contribution in [0.1, 0.15) is 25.0 Å². The molecule has 1 N–H and O–H groups in total. The number of nitrogens with one attached hydrogen (secondary N) is 1. The van der Waals surface area contributed by atoms with Crippen LogP contribution in [0, 0.1) is 0 Å². The molecule has 3 aromatic rings. The van der Waals surface area contributed by atoms with Gasteiger partial charge in [0.15, 0.2) is 0 Å². The van der Waals surface area contributed by atoms with Gasteiger partial charge in [-0.15, -0.1) is 0 Å². The maximum Gasteiger partial charge on any atom is 0.244 e. The molecule has 8 nitrogen and oxygen atoms in total. The normalized spacial score (nSPS) is 11.9. The first kappa shape index (κ1) is 28.7. The molecule has 0 aliphatic heterocycles. The number of rotatable bonds is 13. The Morgan fingerprint density at radius 2 is 1.45 bits per heavy atom. The van der Waals surface area contributed by atoms with E-state index in [1.54, 1.807) is 31.2 Å². The predicted octanol–water partition coefficient (Wildman–Crippen LogP) is 3.63. The van der Waals surface area contributed by atoms with Gasteiger partial charge in [0.1, 0.15) is 18.3 Å². The highest BCUT2D eigenvalue weighted by Crippen LogP contribution is 2.30. The molecule has 0 saturated heterocycles. The highest BCUT2D eigenvalue weighted by molar-refractivity contribution is 7.92. The molecule has 0 saturated carbocycles. The van der Waals surface area contributed by atoms with Crippen molar-refractivity contribution in [2.24, 2.45) is 0 Å². The summed E-state index contributed by atoms with van der Waals surface area (Å²) in [5.41, 5.74) is 1.97. The first-order valence-corrected chi connectivity index (χ1v) is 14.4. The number of ether oxygens (including phenoxy) is 1. The van der Waals surface area contributed by atoms with E-state index in [1.807, 2.05) is 67.6 Å². The van der Waals surface area contributed by atoms with Crippen molar-refractivity contribution in [2.75, 3.05) is 30.3 Å². The van der Waals surface area contributed by atoms with Crippen LogP contribution in [0.2, 0.25) is 0 Å². The lowest BCUT2D eigenvalue weighted by atomic mass is 10.0. The molecular formula is C29H35N3O5S. The molecule has 0 radical (unpaired) electrons. The van der Waals surface area contributed by atoms with Crippen LogP contribution in [0.25, 0.3) is 0 Å². The number of hydrogen-bond donors (Lipinski definition) is 1. The maximum atomic E-state index is 14.0. The molecule has 9 heteroatoms. The van der Waals surface area contributed by atoms with Crippen molar-refractivity contribution in [1.82, 2.24) is 10.2 Å². The summed E-state index contributed by atoms with van der Waals surface area (Å²) in [7, 11) is -3.87. The first-order valence-electron chi connectivity index (χ1n) is 12.6. The Morgan fingerprint density at radius 1 is 0.868 bits per heavy atom. The van der Waals surface area contributed by atoms with E-state index in [2.05, 4.69) is 5.32 Å². The Bertz CT molecular complexity index is 1300. The molecule has 0 aliphatic rings. The average molecular weight is 538 g/mol. The predicted molar refractivity (Wildman–Crippen MR) is 149 cm³/mol. The smallest absolute Gasteiger partial charge is 0.244 e. The van der Waals surface area contributed by atoms with Crippen LogP contribution in [-0.4, -0.2) is 57.1 Å². The van der Waals surface area contributed by atoms with Gasteiger partial charge < -0.3 is 15.0 Å². The van der Waals surface area contributed by atoms with Crippen LogP contribution in [0.5, 0.6) is 5.75 Å². The number of likely N-dealkylation sites (N-methyl/N-ethyl adjacent to an activating group) is 1. The van der Waals surface area contributed by atoms with Gasteiger partial charge in [-0.1, -0.05) is 72.8 Å². The standard InChI is InChI=1S/C29H35N3O5S/c1-4-30-29(34)26(20-23-14-8-6-9-15-23)31(21-24-16-10-7-11-17-24)28(33)22-32(38(3,35)36)25-18-12-13-19-27(25)37-5-2/h6-19,26H,4-5,20-22H2,1-3H3,(H,30,34)/t26-/m0/s1. The zero-order valence-corrected chi connectivity index (χ0v) is 22.9. The highest BCUT2D eigenvalue weighted by atomic mass is 32.2. The number of carbonyl (C=O) groups excluding carboxylic acids is 2. The van der Waals surface area contributed by atoms with Crippen LogP contribution in [0.15, 0.2) is 84.9 Å². The minimum atomic E-state index is -3.87. The van der Waals surface area contributed by atoms with Crippen LogP contribution in [0.3, 0.4) is 0 Å².